The molecule has 2 aromatic rings. The minimum atomic E-state index is -0.145. The summed E-state index contributed by atoms with van der Waals surface area (Å²) in [6.45, 7) is 4.30. The summed E-state index contributed by atoms with van der Waals surface area (Å²) >= 11 is 1.70. The molecule has 0 saturated heterocycles. The fourth-order valence-electron chi connectivity index (χ4n) is 2.08. The Morgan fingerprint density at radius 1 is 1.35 bits per heavy atom. The summed E-state index contributed by atoms with van der Waals surface area (Å²) in [4.78, 5) is 11.9. The molecule has 2 nitrogen and oxygen atoms in total. The molecule has 0 saturated carbocycles. The van der Waals surface area contributed by atoms with Crippen LogP contribution in [0.15, 0.2) is 29.6 Å². The number of thiophene rings is 1. The van der Waals surface area contributed by atoms with Gasteiger partial charge in [0, 0.05) is 4.70 Å². The molecule has 0 aliphatic heterocycles. The van der Waals surface area contributed by atoms with E-state index in [1.54, 1.807) is 11.3 Å². The fraction of sp³-hybridized carbons (Fsp3) is 0.357. The van der Waals surface area contributed by atoms with Gasteiger partial charge in [0.05, 0.1) is 12.5 Å². The van der Waals surface area contributed by atoms with Gasteiger partial charge >= 0.3 is 5.97 Å². The lowest BCUT2D eigenvalue weighted by atomic mass is 9.94. The molecule has 90 valence electrons. The van der Waals surface area contributed by atoms with Crippen molar-refractivity contribution >= 4 is 27.4 Å². The van der Waals surface area contributed by atoms with Crippen LogP contribution in [0.2, 0.25) is 0 Å². The molecule has 2 rings (SSSR count). The van der Waals surface area contributed by atoms with Crippen LogP contribution in [0, 0.1) is 0 Å². The Hall–Kier alpha value is -1.35. The topological polar surface area (TPSA) is 26.3 Å². The Morgan fingerprint density at radius 2 is 2.18 bits per heavy atom. The average molecular weight is 248 g/mol. The second-order valence-electron chi connectivity index (χ2n) is 3.89. The molecule has 0 fully saturated rings. The van der Waals surface area contributed by atoms with Crippen LogP contribution < -0.4 is 0 Å². The zero-order chi connectivity index (χ0) is 12.3. The third kappa shape index (κ3) is 2.34. The highest BCUT2D eigenvalue weighted by molar-refractivity contribution is 7.17. The predicted octanol–water partition coefficient (Wildman–Crippen LogP) is 3.96. The van der Waals surface area contributed by atoms with Gasteiger partial charge in [-0.25, -0.2) is 0 Å². The van der Waals surface area contributed by atoms with Crippen LogP contribution in [-0.4, -0.2) is 12.6 Å². The number of carbonyl (C=O) groups is 1. The largest absolute Gasteiger partial charge is 0.466 e. The zero-order valence-electron chi connectivity index (χ0n) is 10.1. The smallest absolute Gasteiger partial charge is 0.313 e. The van der Waals surface area contributed by atoms with Crippen molar-refractivity contribution in [1.82, 2.24) is 0 Å². The molecule has 0 aliphatic rings. The van der Waals surface area contributed by atoms with Crippen molar-refractivity contribution in [2.75, 3.05) is 6.61 Å². The first-order valence-electron chi connectivity index (χ1n) is 5.90. The molecule has 1 aromatic carbocycles. The highest BCUT2D eigenvalue weighted by Gasteiger charge is 2.21. The molecule has 3 heteroatoms. The molecule has 1 heterocycles. The molecule has 0 radical (unpaired) electrons. The second-order valence-corrected chi connectivity index (χ2v) is 4.84. The third-order valence-corrected chi connectivity index (χ3v) is 3.77. The van der Waals surface area contributed by atoms with Gasteiger partial charge in [0.1, 0.15) is 0 Å². The van der Waals surface area contributed by atoms with Gasteiger partial charge < -0.3 is 4.74 Å². The Bertz CT molecular complexity index is 516. The van der Waals surface area contributed by atoms with Gasteiger partial charge in [-0.3, -0.25) is 4.79 Å². The summed E-state index contributed by atoms with van der Waals surface area (Å²) in [7, 11) is 0. The third-order valence-electron chi connectivity index (χ3n) is 2.88. The summed E-state index contributed by atoms with van der Waals surface area (Å²) in [6, 6.07) is 8.20. The molecule has 0 spiro atoms. The molecule has 0 bridgehead atoms. The predicted molar refractivity (Wildman–Crippen MR) is 71.5 cm³/mol. The van der Waals surface area contributed by atoms with Crippen molar-refractivity contribution in [3.63, 3.8) is 0 Å². The molecule has 1 unspecified atom stereocenters. The Kier molecular flexibility index (Phi) is 3.79. The van der Waals surface area contributed by atoms with E-state index in [1.165, 1.54) is 10.1 Å². The summed E-state index contributed by atoms with van der Waals surface area (Å²) in [5, 5.41) is 3.24. The van der Waals surface area contributed by atoms with E-state index in [2.05, 4.69) is 17.5 Å². The minimum Gasteiger partial charge on any atom is -0.466 e. The van der Waals surface area contributed by atoms with Crippen molar-refractivity contribution < 1.29 is 9.53 Å². The molecule has 1 aromatic heterocycles. The fourth-order valence-corrected chi connectivity index (χ4v) is 2.90. The Labute approximate surface area is 105 Å². The van der Waals surface area contributed by atoms with Crippen molar-refractivity contribution in [2.45, 2.75) is 26.2 Å². The second kappa shape index (κ2) is 5.32. The Balaban J connectivity index is 2.42. The van der Waals surface area contributed by atoms with Crippen LogP contribution in [-0.2, 0) is 9.53 Å². The van der Waals surface area contributed by atoms with E-state index in [9.17, 15) is 4.79 Å². The van der Waals surface area contributed by atoms with Crippen molar-refractivity contribution in [3.05, 3.63) is 35.2 Å². The molecule has 0 aliphatic carbocycles. The molecular formula is C14H16O2S. The lowest BCUT2D eigenvalue weighted by Gasteiger charge is -2.14. The van der Waals surface area contributed by atoms with Gasteiger partial charge in [-0.05, 0) is 41.8 Å². The summed E-state index contributed by atoms with van der Waals surface area (Å²) < 4.78 is 6.37. The van der Waals surface area contributed by atoms with E-state index in [0.717, 1.165) is 12.0 Å². The van der Waals surface area contributed by atoms with Crippen LogP contribution in [0.5, 0.6) is 0 Å². The number of hydrogen-bond acceptors (Lipinski definition) is 3. The lowest BCUT2D eigenvalue weighted by molar-refractivity contribution is -0.145. The lowest BCUT2D eigenvalue weighted by Crippen LogP contribution is -2.15. The molecule has 0 amide bonds. The number of carbonyl (C=O) groups excluding carboxylic acids is 1. The number of hydrogen-bond donors (Lipinski definition) is 0. The highest BCUT2D eigenvalue weighted by Crippen LogP contribution is 2.31. The quantitative estimate of drug-likeness (QED) is 0.766. The minimum absolute atomic E-state index is 0.117. The van der Waals surface area contributed by atoms with Gasteiger partial charge in [0.15, 0.2) is 0 Å². The van der Waals surface area contributed by atoms with Crippen LogP contribution >= 0.6 is 11.3 Å². The van der Waals surface area contributed by atoms with Crippen molar-refractivity contribution in [2.24, 2.45) is 0 Å². The molecule has 0 N–H and O–H groups in total. The Morgan fingerprint density at radius 3 is 2.88 bits per heavy atom. The molecule has 1 atom stereocenters. The van der Waals surface area contributed by atoms with Crippen LogP contribution in [0.4, 0.5) is 0 Å². The van der Waals surface area contributed by atoms with E-state index in [1.807, 2.05) is 26.0 Å². The van der Waals surface area contributed by atoms with Crippen molar-refractivity contribution in [1.29, 1.82) is 0 Å². The first-order chi connectivity index (χ1) is 8.27. The van der Waals surface area contributed by atoms with E-state index in [-0.39, 0.29) is 11.9 Å². The van der Waals surface area contributed by atoms with Gasteiger partial charge in [-0.1, -0.05) is 19.1 Å². The molecule has 17 heavy (non-hydrogen) atoms. The van der Waals surface area contributed by atoms with Crippen LogP contribution in [0.25, 0.3) is 10.1 Å². The van der Waals surface area contributed by atoms with E-state index < -0.39 is 0 Å². The maximum Gasteiger partial charge on any atom is 0.313 e. The van der Waals surface area contributed by atoms with Gasteiger partial charge in [0.2, 0.25) is 0 Å². The normalized spacial score (nSPS) is 12.6. The first-order valence-corrected chi connectivity index (χ1v) is 6.78. The summed E-state index contributed by atoms with van der Waals surface area (Å²) in [5.74, 6) is -0.262. The number of ether oxygens (including phenoxy) is 1. The number of esters is 1. The number of rotatable bonds is 4. The SMILES string of the molecule is CCOC(=O)C(CC)c1cccc2sccc12. The number of benzene rings is 1. The first kappa shape index (κ1) is 12.1. The van der Waals surface area contributed by atoms with E-state index >= 15 is 0 Å². The molecular weight excluding hydrogens is 232 g/mol. The zero-order valence-corrected chi connectivity index (χ0v) is 10.9. The maximum absolute atomic E-state index is 11.9. The van der Waals surface area contributed by atoms with Crippen LogP contribution in [0.3, 0.4) is 0 Å². The van der Waals surface area contributed by atoms with Gasteiger partial charge in [-0.2, -0.15) is 0 Å². The summed E-state index contributed by atoms with van der Waals surface area (Å²) in [6.07, 6.45) is 0.772. The highest BCUT2D eigenvalue weighted by atomic mass is 32.1. The van der Waals surface area contributed by atoms with E-state index in [0.29, 0.717) is 6.61 Å². The number of fused-ring (bicyclic) bond motifs is 1. The average Bonchev–Trinajstić information content (AvgIpc) is 2.79. The van der Waals surface area contributed by atoms with Crippen molar-refractivity contribution in [3.8, 4) is 0 Å². The van der Waals surface area contributed by atoms with Gasteiger partial charge in [0.25, 0.3) is 0 Å². The summed E-state index contributed by atoms with van der Waals surface area (Å²) in [5.41, 5.74) is 1.09. The van der Waals surface area contributed by atoms with E-state index in [4.69, 9.17) is 4.74 Å². The maximum atomic E-state index is 11.9. The van der Waals surface area contributed by atoms with Gasteiger partial charge in [-0.15, -0.1) is 11.3 Å². The monoisotopic (exact) mass is 248 g/mol. The van der Waals surface area contributed by atoms with Crippen LogP contribution in [0.1, 0.15) is 31.7 Å². The standard InChI is InChI=1S/C14H16O2S/c1-3-10(14(15)16-4-2)11-6-5-7-13-12(11)8-9-17-13/h5-10H,3-4H2,1-2H3.